The molecular formula is C10H14BrN3O. The van der Waals surface area contributed by atoms with Crippen LogP contribution < -0.4 is 10.1 Å². The molecule has 1 unspecified atom stereocenters. The van der Waals surface area contributed by atoms with Gasteiger partial charge >= 0.3 is 0 Å². The zero-order chi connectivity index (χ0) is 11.3. The topological polar surface area (TPSA) is 47.0 Å². The molecule has 1 aromatic heterocycles. The normalized spacial score (nSPS) is 11.9. The molecule has 0 saturated heterocycles. The molecule has 0 aliphatic carbocycles. The molecule has 0 fully saturated rings. The average Bonchev–Trinajstić information content (AvgIpc) is 2.21. The van der Waals surface area contributed by atoms with E-state index in [0.717, 1.165) is 10.9 Å². The van der Waals surface area contributed by atoms with Gasteiger partial charge in [0, 0.05) is 6.04 Å². The smallest absolute Gasteiger partial charge is 0.232 e. The van der Waals surface area contributed by atoms with Crippen molar-refractivity contribution < 1.29 is 4.74 Å². The Labute approximate surface area is 97.9 Å². The van der Waals surface area contributed by atoms with Crippen molar-refractivity contribution in [2.24, 2.45) is 0 Å². The molecule has 0 aliphatic rings. The van der Waals surface area contributed by atoms with Gasteiger partial charge in [0.2, 0.25) is 11.8 Å². The summed E-state index contributed by atoms with van der Waals surface area (Å²) in [5, 5.41) is 3.15. The first-order chi connectivity index (χ1) is 7.17. The Morgan fingerprint density at radius 2 is 2.47 bits per heavy atom. The van der Waals surface area contributed by atoms with Crippen molar-refractivity contribution in [1.29, 1.82) is 0 Å². The lowest BCUT2D eigenvalue weighted by Crippen LogP contribution is -2.16. The number of methoxy groups -OCH3 is 1. The molecule has 15 heavy (non-hydrogen) atoms. The van der Waals surface area contributed by atoms with Gasteiger partial charge in [0.05, 0.1) is 17.8 Å². The zero-order valence-corrected chi connectivity index (χ0v) is 10.4. The van der Waals surface area contributed by atoms with Crippen LogP contribution in [0.25, 0.3) is 0 Å². The maximum absolute atomic E-state index is 5.07. The first-order valence-electron chi connectivity index (χ1n) is 4.61. The minimum atomic E-state index is 0.258. The van der Waals surface area contributed by atoms with Gasteiger partial charge in [-0.2, -0.15) is 4.98 Å². The third kappa shape index (κ3) is 3.51. The molecular weight excluding hydrogens is 258 g/mol. The Kier molecular flexibility index (Phi) is 4.55. The summed E-state index contributed by atoms with van der Waals surface area (Å²) in [6, 6.07) is 0.258. The molecule has 0 bridgehead atoms. The van der Waals surface area contributed by atoms with E-state index < -0.39 is 0 Å². The predicted molar refractivity (Wildman–Crippen MR) is 64.2 cm³/mol. The molecule has 5 heteroatoms. The third-order valence-electron chi connectivity index (χ3n) is 1.80. The number of halogens is 1. The second-order valence-corrected chi connectivity index (χ2v) is 3.97. The van der Waals surface area contributed by atoms with Gasteiger partial charge in [-0.05, 0) is 29.3 Å². The molecule has 0 spiro atoms. The summed E-state index contributed by atoms with van der Waals surface area (Å²) in [7, 11) is 1.57. The van der Waals surface area contributed by atoms with Crippen LogP contribution in [-0.4, -0.2) is 23.1 Å². The van der Waals surface area contributed by atoms with Crippen molar-refractivity contribution >= 4 is 21.9 Å². The van der Waals surface area contributed by atoms with Crippen molar-refractivity contribution in [2.75, 3.05) is 12.4 Å². The van der Waals surface area contributed by atoms with Crippen LogP contribution in [0.5, 0.6) is 5.88 Å². The zero-order valence-electron chi connectivity index (χ0n) is 8.83. The number of nitrogens with one attached hydrogen (secondary N) is 1. The lowest BCUT2D eigenvalue weighted by atomic mass is 10.2. The molecule has 1 atom stereocenters. The highest BCUT2D eigenvalue weighted by Gasteiger charge is 2.06. The molecule has 1 heterocycles. The van der Waals surface area contributed by atoms with Gasteiger partial charge in [0.25, 0.3) is 0 Å². The number of anilines is 1. The highest BCUT2D eigenvalue weighted by molar-refractivity contribution is 9.10. The van der Waals surface area contributed by atoms with Crippen molar-refractivity contribution in [1.82, 2.24) is 9.97 Å². The molecule has 1 N–H and O–H groups in total. The average molecular weight is 272 g/mol. The molecule has 0 saturated carbocycles. The second kappa shape index (κ2) is 5.70. The van der Waals surface area contributed by atoms with Crippen LogP contribution in [0.3, 0.4) is 0 Å². The predicted octanol–water partition coefficient (Wildman–Crippen LogP) is 2.62. The summed E-state index contributed by atoms with van der Waals surface area (Å²) in [4.78, 5) is 8.31. The molecule has 0 aromatic carbocycles. The van der Waals surface area contributed by atoms with Gasteiger partial charge < -0.3 is 10.1 Å². The monoisotopic (exact) mass is 271 g/mol. The summed E-state index contributed by atoms with van der Waals surface area (Å²) < 4.78 is 5.81. The highest BCUT2D eigenvalue weighted by Crippen LogP contribution is 2.22. The van der Waals surface area contributed by atoms with Crippen molar-refractivity contribution in [2.45, 2.75) is 19.4 Å². The van der Waals surface area contributed by atoms with E-state index in [1.54, 1.807) is 13.3 Å². The van der Waals surface area contributed by atoms with Crippen molar-refractivity contribution in [3.63, 3.8) is 0 Å². The lowest BCUT2D eigenvalue weighted by Gasteiger charge is -2.12. The van der Waals surface area contributed by atoms with Crippen LogP contribution in [0.1, 0.15) is 13.3 Å². The SMILES string of the molecule is C=CCC(C)Nc1ncc(Br)c(OC)n1. The summed E-state index contributed by atoms with van der Waals surface area (Å²) in [6.07, 6.45) is 4.38. The van der Waals surface area contributed by atoms with E-state index in [-0.39, 0.29) is 6.04 Å². The van der Waals surface area contributed by atoms with Crippen molar-refractivity contribution in [3.8, 4) is 5.88 Å². The summed E-state index contributed by atoms with van der Waals surface area (Å²) in [5.74, 6) is 1.09. The fraction of sp³-hybridized carbons (Fsp3) is 0.400. The van der Waals surface area contributed by atoms with Gasteiger partial charge in [-0.1, -0.05) is 6.08 Å². The maximum Gasteiger partial charge on any atom is 0.232 e. The number of ether oxygens (including phenoxy) is 1. The minimum Gasteiger partial charge on any atom is -0.480 e. The van der Waals surface area contributed by atoms with Crippen LogP contribution in [0, 0.1) is 0 Å². The molecule has 0 amide bonds. The quantitative estimate of drug-likeness (QED) is 0.837. The molecule has 1 rings (SSSR count). The van der Waals surface area contributed by atoms with Crippen LogP contribution in [0.15, 0.2) is 23.3 Å². The Morgan fingerprint density at radius 3 is 3.07 bits per heavy atom. The third-order valence-corrected chi connectivity index (χ3v) is 2.34. The standard InChI is InChI=1S/C10H14BrN3O/c1-4-5-7(2)13-10-12-6-8(11)9(14-10)15-3/h4,6-7H,1,5H2,2-3H3,(H,12,13,14). The van der Waals surface area contributed by atoms with Crippen LogP contribution in [0.4, 0.5) is 5.95 Å². The van der Waals surface area contributed by atoms with E-state index in [2.05, 4.69) is 37.8 Å². The van der Waals surface area contributed by atoms with E-state index in [1.807, 2.05) is 13.0 Å². The highest BCUT2D eigenvalue weighted by atomic mass is 79.9. The minimum absolute atomic E-state index is 0.258. The number of aromatic nitrogens is 2. The van der Waals surface area contributed by atoms with E-state index in [4.69, 9.17) is 4.74 Å². The van der Waals surface area contributed by atoms with Crippen LogP contribution in [0.2, 0.25) is 0 Å². The molecule has 4 nitrogen and oxygen atoms in total. The second-order valence-electron chi connectivity index (χ2n) is 3.12. The van der Waals surface area contributed by atoms with E-state index in [0.29, 0.717) is 11.8 Å². The number of hydrogen-bond acceptors (Lipinski definition) is 4. The molecule has 1 aromatic rings. The van der Waals surface area contributed by atoms with Crippen molar-refractivity contribution in [3.05, 3.63) is 23.3 Å². The lowest BCUT2D eigenvalue weighted by molar-refractivity contribution is 0.394. The maximum atomic E-state index is 5.07. The van der Waals surface area contributed by atoms with E-state index >= 15 is 0 Å². The number of rotatable bonds is 5. The van der Waals surface area contributed by atoms with Crippen LogP contribution >= 0.6 is 15.9 Å². The fourth-order valence-electron chi connectivity index (χ4n) is 1.09. The van der Waals surface area contributed by atoms with E-state index in [1.165, 1.54) is 0 Å². The largest absolute Gasteiger partial charge is 0.480 e. The molecule has 82 valence electrons. The Bertz CT molecular complexity index is 343. The Balaban J connectivity index is 2.73. The van der Waals surface area contributed by atoms with Gasteiger partial charge in [-0.25, -0.2) is 4.98 Å². The Morgan fingerprint density at radius 1 is 1.73 bits per heavy atom. The first-order valence-corrected chi connectivity index (χ1v) is 5.40. The number of hydrogen-bond donors (Lipinski definition) is 1. The van der Waals surface area contributed by atoms with Gasteiger partial charge in [-0.15, -0.1) is 6.58 Å². The van der Waals surface area contributed by atoms with Crippen LogP contribution in [-0.2, 0) is 0 Å². The molecule has 0 radical (unpaired) electrons. The van der Waals surface area contributed by atoms with Gasteiger partial charge in [0.15, 0.2) is 0 Å². The van der Waals surface area contributed by atoms with E-state index in [9.17, 15) is 0 Å². The summed E-state index contributed by atoms with van der Waals surface area (Å²) in [6.45, 7) is 5.72. The summed E-state index contributed by atoms with van der Waals surface area (Å²) in [5.41, 5.74) is 0. The summed E-state index contributed by atoms with van der Waals surface area (Å²) >= 11 is 3.29. The Hall–Kier alpha value is -1.10. The van der Waals surface area contributed by atoms with Gasteiger partial charge in [0.1, 0.15) is 0 Å². The first kappa shape index (κ1) is 12.0. The molecule has 0 aliphatic heterocycles. The van der Waals surface area contributed by atoms with Gasteiger partial charge in [-0.3, -0.25) is 0 Å². The number of nitrogens with zero attached hydrogens (tertiary/aromatic N) is 2. The fourth-order valence-corrected chi connectivity index (χ4v) is 1.45.